The first-order valence-corrected chi connectivity index (χ1v) is 14.1. The van der Waals surface area contributed by atoms with Crippen LogP contribution in [-0.4, -0.2) is 48.5 Å². The summed E-state index contributed by atoms with van der Waals surface area (Å²) < 4.78 is 55.0. The minimum Gasteiger partial charge on any atom is -0.498 e. The van der Waals surface area contributed by atoms with Gasteiger partial charge in [0.25, 0.3) is 0 Å². The maximum Gasteiger partial charge on any atom is 0.416 e. The summed E-state index contributed by atoms with van der Waals surface area (Å²) in [4.78, 5) is 31.5. The van der Waals surface area contributed by atoms with Gasteiger partial charge in [0.15, 0.2) is 0 Å². The van der Waals surface area contributed by atoms with Gasteiger partial charge in [-0.2, -0.15) is 18.3 Å². The van der Waals surface area contributed by atoms with E-state index < -0.39 is 35.6 Å². The number of fused-ring (bicyclic) bond motifs is 1. The highest BCUT2D eigenvalue weighted by Gasteiger charge is 2.45. The lowest BCUT2D eigenvalue weighted by atomic mass is 9.84. The number of hydrogen-bond donors (Lipinski definition) is 0. The maximum absolute atomic E-state index is 14.6. The number of nitrogens with zero attached hydrogens (tertiary/aromatic N) is 4. The van der Waals surface area contributed by atoms with Crippen LogP contribution in [0.1, 0.15) is 37.8 Å². The number of allylic oxidation sites excluding steroid dienone is 2. The normalized spacial score (nSPS) is 19.4. The zero-order chi connectivity index (χ0) is 30.9. The van der Waals surface area contributed by atoms with Crippen LogP contribution in [0.5, 0.6) is 0 Å². The number of alkyl halides is 3. The second-order valence-electron chi connectivity index (χ2n) is 10.3. The Morgan fingerprint density at radius 1 is 1.00 bits per heavy atom. The number of aromatic nitrogens is 2. The third-order valence-electron chi connectivity index (χ3n) is 7.73. The van der Waals surface area contributed by atoms with Crippen molar-refractivity contribution in [1.82, 2.24) is 9.78 Å². The molecule has 2 heterocycles. The molecule has 2 amide bonds. The average Bonchev–Trinajstić information content (AvgIpc) is 3.43. The lowest BCUT2D eigenvalue weighted by Gasteiger charge is -2.31. The predicted molar refractivity (Wildman–Crippen MR) is 156 cm³/mol. The van der Waals surface area contributed by atoms with E-state index >= 15 is 0 Å². The molecule has 5 rings (SSSR count). The zero-order valence-electron chi connectivity index (χ0n) is 24.4. The Kier molecular flexibility index (Phi) is 8.45. The van der Waals surface area contributed by atoms with E-state index in [2.05, 4.69) is 5.10 Å². The summed E-state index contributed by atoms with van der Waals surface area (Å²) in [6.45, 7) is 4.61. The van der Waals surface area contributed by atoms with Crippen LogP contribution >= 0.6 is 0 Å². The van der Waals surface area contributed by atoms with Gasteiger partial charge in [-0.05, 0) is 49.2 Å². The Morgan fingerprint density at radius 3 is 2.37 bits per heavy atom. The number of rotatable bonds is 8. The average molecular weight is 595 g/mol. The van der Waals surface area contributed by atoms with Gasteiger partial charge < -0.3 is 14.4 Å². The molecule has 226 valence electrons. The van der Waals surface area contributed by atoms with E-state index in [1.54, 1.807) is 54.2 Å². The number of hydrogen-bond acceptors (Lipinski definition) is 5. The zero-order valence-corrected chi connectivity index (χ0v) is 24.4. The quantitative estimate of drug-likeness (QED) is 0.284. The second kappa shape index (κ2) is 12.1. The van der Waals surface area contributed by atoms with Crippen molar-refractivity contribution in [3.63, 3.8) is 0 Å². The van der Waals surface area contributed by atoms with Gasteiger partial charge in [-0.15, -0.1) is 0 Å². The standard InChI is InChI=1S/C32H33F3N4O4/c1-5-14-37-19-21(18-36-37)24-15-20(16-27(42-3)29(24)43-4)28-30(40)38(6-2)25-13-12-22(32(33,34)35)17-26(25)39(31(28)41)23-10-8-7-9-11-23/h7-13,15,17-19,27-28H,5-6,14,16H2,1-4H3. The molecule has 2 atom stereocenters. The molecule has 1 aliphatic carbocycles. The molecule has 2 unspecified atom stereocenters. The van der Waals surface area contributed by atoms with E-state index in [4.69, 9.17) is 9.47 Å². The molecule has 1 aliphatic heterocycles. The first-order chi connectivity index (χ1) is 20.6. The molecule has 3 aromatic rings. The summed E-state index contributed by atoms with van der Waals surface area (Å²) >= 11 is 0. The fourth-order valence-corrected chi connectivity index (χ4v) is 5.73. The third-order valence-corrected chi connectivity index (χ3v) is 7.73. The third kappa shape index (κ3) is 5.56. The fourth-order valence-electron chi connectivity index (χ4n) is 5.73. The van der Waals surface area contributed by atoms with Crippen LogP contribution in [0, 0.1) is 5.92 Å². The first kappa shape index (κ1) is 30.1. The van der Waals surface area contributed by atoms with Crippen molar-refractivity contribution in [2.24, 2.45) is 5.92 Å². The van der Waals surface area contributed by atoms with E-state index in [1.807, 2.05) is 13.1 Å². The van der Waals surface area contributed by atoms with Gasteiger partial charge in [0.1, 0.15) is 17.8 Å². The van der Waals surface area contributed by atoms with Crippen LogP contribution in [0.15, 0.2) is 78.3 Å². The number of methoxy groups -OCH3 is 2. The maximum atomic E-state index is 14.6. The van der Waals surface area contributed by atoms with Crippen LogP contribution in [0.3, 0.4) is 0 Å². The molecule has 43 heavy (non-hydrogen) atoms. The van der Waals surface area contributed by atoms with E-state index in [9.17, 15) is 22.8 Å². The van der Waals surface area contributed by atoms with Crippen LogP contribution in [0.4, 0.5) is 30.2 Å². The summed E-state index contributed by atoms with van der Waals surface area (Å²) in [5, 5.41) is 4.43. The lowest BCUT2D eigenvalue weighted by Crippen LogP contribution is -2.43. The summed E-state index contributed by atoms with van der Waals surface area (Å²) in [7, 11) is 3.05. The van der Waals surface area contributed by atoms with Crippen molar-refractivity contribution in [3.8, 4) is 0 Å². The van der Waals surface area contributed by atoms with E-state index in [0.29, 0.717) is 29.1 Å². The number of carbonyl (C=O) groups is 2. The van der Waals surface area contributed by atoms with E-state index in [0.717, 1.165) is 24.1 Å². The van der Waals surface area contributed by atoms with Crippen molar-refractivity contribution in [2.45, 2.75) is 45.5 Å². The first-order valence-electron chi connectivity index (χ1n) is 14.1. The fraction of sp³-hybridized carbons (Fsp3) is 0.344. The number of benzene rings is 2. The molecular weight excluding hydrogens is 561 g/mol. The van der Waals surface area contributed by atoms with Crippen molar-refractivity contribution >= 4 is 34.4 Å². The van der Waals surface area contributed by atoms with E-state index in [-0.39, 0.29) is 24.3 Å². The topological polar surface area (TPSA) is 76.9 Å². The van der Waals surface area contributed by atoms with Gasteiger partial charge >= 0.3 is 6.18 Å². The molecule has 0 fully saturated rings. The molecular formula is C32H33F3N4O4. The molecule has 0 saturated carbocycles. The summed E-state index contributed by atoms with van der Waals surface area (Å²) in [6, 6.07) is 11.5. The molecule has 8 nitrogen and oxygen atoms in total. The Bertz CT molecular complexity index is 1580. The van der Waals surface area contributed by atoms with Gasteiger partial charge in [-0.3, -0.25) is 19.2 Å². The second-order valence-corrected chi connectivity index (χ2v) is 10.3. The van der Waals surface area contributed by atoms with Gasteiger partial charge in [-0.25, -0.2) is 0 Å². The Morgan fingerprint density at radius 2 is 1.74 bits per heavy atom. The van der Waals surface area contributed by atoms with Crippen molar-refractivity contribution in [3.05, 3.63) is 89.5 Å². The van der Waals surface area contributed by atoms with Crippen molar-refractivity contribution in [2.75, 3.05) is 30.6 Å². The summed E-state index contributed by atoms with van der Waals surface area (Å²) in [5.74, 6) is -1.99. The highest BCUT2D eigenvalue weighted by molar-refractivity contribution is 6.22. The number of ether oxygens (including phenoxy) is 2. The van der Waals surface area contributed by atoms with Crippen LogP contribution in [0.25, 0.3) is 5.57 Å². The van der Waals surface area contributed by atoms with Crippen LogP contribution in [-0.2, 0) is 31.8 Å². The Hall–Kier alpha value is -4.38. The molecule has 0 radical (unpaired) electrons. The highest BCUT2D eigenvalue weighted by atomic mass is 19.4. The molecule has 2 aromatic carbocycles. The Labute approximate surface area is 248 Å². The van der Waals surface area contributed by atoms with Gasteiger partial charge in [-0.1, -0.05) is 31.2 Å². The molecule has 0 N–H and O–H groups in total. The predicted octanol–water partition coefficient (Wildman–Crippen LogP) is 6.36. The number of carbonyl (C=O) groups excluding carboxylic acids is 2. The van der Waals surface area contributed by atoms with Crippen molar-refractivity contribution in [1.29, 1.82) is 0 Å². The monoisotopic (exact) mass is 594 g/mol. The van der Waals surface area contributed by atoms with Gasteiger partial charge in [0, 0.05) is 49.6 Å². The minimum absolute atomic E-state index is 0.0161. The van der Waals surface area contributed by atoms with Gasteiger partial charge in [0.2, 0.25) is 11.8 Å². The molecule has 11 heteroatoms. The highest BCUT2D eigenvalue weighted by Crippen LogP contribution is 2.45. The van der Waals surface area contributed by atoms with Crippen LogP contribution < -0.4 is 9.80 Å². The molecule has 2 aliphatic rings. The summed E-state index contributed by atoms with van der Waals surface area (Å²) in [6.07, 6.45) is 1.10. The SMILES string of the molecule is CCCn1cc(C2=C(OC)C(OC)CC(C3C(=O)N(CC)c4ccc(C(F)(F)F)cc4N(c4ccccc4)C3=O)=C2)cn1. The molecule has 1 aromatic heterocycles. The number of para-hydroxylation sites is 1. The lowest BCUT2D eigenvalue weighted by molar-refractivity contribution is -0.137. The van der Waals surface area contributed by atoms with E-state index in [1.165, 1.54) is 30.1 Å². The summed E-state index contributed by atoms with van der Waals surface area (Å²) in [5.41, 5.74) is 1.43. The largest absolute Gasteiger partial charge is 0.498 e. The Balaban J connectivity index is 1.71. The van der Waals surface area contributed by atoms with Crippen molar-refractivity contribution < 1.29 is 32.2 Å². The number of amides is 2. The smallest absolute Gasteiger partial charge is 0.416 e. The molecule has 0 spiro atoms. The number of halogens is 3. The number of aryl methyl sites for hydroxylation is 1. The van der Waals surface area contributed by atoms with Crippen LogP contribution in [0.2, 0.25) is 0 Å². The minimum atomic E-state index is -4.65. The number of anilines is 3. The molecule has 0 saturated heterocycles. The molecule has 0 bridgehead atoms. The van der Waals surface area contributed by atoms with Gasteiger partial charge in [0.05, 0.1) is 30.2 Å².